The molecule has 1 saturated heterocycles. The van der Waals surface area contributed by atoms with Crippen LogP contribution in [0.25, 0.3) is 0 Å². The van der Waals surface area contributed by atoms with Crippen molar-refractivity contribution >= 4 is 27.5 Å². The zero-order chi connectivity index (χ0) is 24.1. The Morgan fingerprint density at radius 1 is 1.19 bits per heavy atom. The van der Waals surface area contributed by atoms with Gasteiger partial charge < -0.3 is 15.4 Å². The summed E-state index contributed by atoms with van der Waals surface area (Å²) in [7, 11) is -4.68. The van der Waals surface area contributed by atoms with Crippen LogP contribution in [0.5, 0.6) is 0 Å². The summed E-state index contributed by atoms with van der Waals surface area (Å²) in [6.07, 6.45) is 2.19. The van der Waals surface area contributed by atoms with Gasteiger partial charge in [0.05, 0.1) is 11.4 Å². The number of piperidine rings is 1. The largest absolute Gasteiger partial charge is 0.444 e. The maximum Gasteiger partial charge on any atom is 0.407 e. The SMILES string of the molecule is C[C@H](NC(=O)OC(C)(C)C)[C@@H]1CCCCN1CC(=O)Nc1ccc(S(=O)(=O)C(F)F)cc1. The van der Waals surface area contributed by atoms with Gasteiger partial charge in [-0.15, -0.1) is 0 Å². The predicted molar refractivity (Wildman–Crippen MR) is 116 cm³/mol. The van der Waals surface area contributed by atoms with Crippen LogP contribution in [0.3, 0.4) is 0 Å². The lowest BCUT2D eigenvalue weighted by molar-refractivity contribution is -0.118. The van der Waals surface area contributed by atoms with E-state index in [9.17, 15) is 26.8 Å². The van der Waals surface area contributed by atoms with Crippen molar-refractivity contribution in [2.24, 2.45) is 0 Å². The molecule has 1 heterocycles. The maximum absolute atomic E-state index is 12.6. The van der Waals surface area contributed by atoms with Crippen LogP contribution < -0.4 is 10.6 Å². The third kappa shape index (κ3) is 7.40. The zero-order valence-electron chi connectivity index (χ0n) is 18.7. The Balaban J connectivity index is 1.97. The van der Waals surface area contributed by atoms with Crippen LogP contribution in [0.4, 0.5) is 19.3 Å². The minimum Gasteiger partial charge on any atom is -0.444 e. The third-order valence-electron chi connectivity index (χ3n) is 5.03. The minimum atomic E-state index is -4.68. The first-order valence-electron chi connectivity index (χ1n) is 10.4. The first-order valence-corrected chi connectivity index (χ1v) is 12.0. The van der Waals surface area contributed by atoms with Crippen LogP contribution in [-0.4, -0.2) is 61.8 Å². The summed E-state index contributed by atoms with van der Waals surface area (Å²) < 4.78 is 53.6. The number of carbonyl (C=O) groups excluding carboxylic acids is 2. The first kappa shape index (κ1) is 26.0. The van der Waals surface area contributed by atoms with Gasteiger partial charge in [0.2, 0.25) is 15.7 Å². The van der Waals surface area contributed by atoms with Gasteiger partial charge in [0, 0.05) is 17.8 Å². The molecular weight excluding hydrogens is 444 g/mol. The number of sulfone groups is 1. The number of nitrogens with one attached hydrogen (secondary N) is 2. The molecular formula is C21H31F2N3O5S. The Bertz CT molecular complexity index is 901. The quantitative estimate of drug-likeness (QED) is 0.626. The zero-order valence-corrected chi connectivity index (χ0v) is 19.5. The molecule has 32 heavy (non-hydrogen) atoms. The van der Waals surface area contributed by atoms with Crippen LogP contribution in [-0.2, 0) is 19.4 Å². The number of ether oxygens (including phenoxy) is 1. The fourth-order valence-electron chi connectivity index (χ4n) is 3.58. The van der Waals surface area contributed by atoms with Crippen LogP contribution in [0.15, 0.2) is 29.2 Å². The van der Waals surface area contributed by atoms with Crippen molar-refractivity contribution < 1.29 is 31.5 Å². The highest BCUT2D eigenvalue weighted by atomic mass is 32.2. The van der Waals surface area contributed by atoms with Crippen molar-refractivity contribution in [3.05, 3.63) is 24.3 Å². The Morgan fingerprint density at radius 2 is 1.81 bits per heavy atom. The van der Waals surface area contributed by atoms with E-state index in [2.05, 4.69) is 10.6 Å². The van der Waals surface area contributed by atoms with Crippen LogP contribution in [0.1, 0.15) is 47.0 Å². The highest BCUT2D eigenvalue weighted by Gasteiger charge is 2.31. The lowest BCUT2D eigenvalue weighted by Gasteiger charge is -2.39. The molecule has 2 atom stereocenters. The van der Waals surface area contributed by atoms with E-state index in [0.29, 0.717) is 12.2 Å². The lowest BCUT2D eigenvalue weighted by Crippen LogP contribution is -2.54. The predicted octanol–water partition coefficient (Wildman–Crippen LogP) is 3.39. The number of hydrogen-bond acceptors (Lipinski definition) is 6. The van der Waals surface area contributed by atoms with Crippen molar-refractivity contribution in [1.29, 1.82) is 0 Å². The number of nitrogens with zero attached hydrogens (tertiary/aromatic N) is 1. The molecule has 1 aromatic carbocycles. The molecule has 0 saturated carbocycles. The third-order valence-corrected chi connectivity index (χ3v) is 6.43. The Hall–Kier alpha value is -2.27. The van der Waals surface area contributed by atoms with E-state index in [1.807, 2.05) is 11.8 Å². The number of alkyl carbamates (subject to hydrolysis) is 1. The second-order valence-corrected chi connectivity index (χ2v) is 10.8. The summed E-state index contributed by atoms with van der Waals surface area (Å²) in [4.78, 5) is 26.1. The molecule has 0 radical (unpaired) electrons. The molecule has 1 aromatic rings. The average Bonchev–Trinajstić information content (AvgIpc) is 2.67. The summed E-state index contributed by atoms with van der Waals surface area (Å²) >= 11 is 0. The highest BCUT2D eigenvalue weighted by Crippen LogP contribution is 2.22. The molecule has 11 heteroatoms. The fourth-order valence-corrected chi connectivity index (χ4v) is 4.31. The Labute approximate surface area is 187 Å². The summed E-state index contributed by atoms with van der Waals surface area (Å²) in [5.41, 5.74) is -0.308. The van der Waals surface area contributed by atoms with Gasteiger partial charge in [-0.1, -0.05) is 6.42 Å². The standard InChI is InChI=1S/C21H31F2N3O5S/c1-14(24-20(28)31-21(2,3)4)17-7-5-6-12-26(17)13-18(27)25-15-8-10-16(11-9-15)32(29,30)19(22)23/h8-11,14,17,19H,5-7,12-13H2,1-4H3,(H,24,28)(H,25,27)/t14-,17-/m0/s1. The van der Waals surface area contributed by atoms with Crippen molar-refractivity contribution in [1.82, 2.24) is 10.2 Å². The number of alkyl halides is 2. The van der Waals surface area contributed by atoms with Gasteiger partial charge in [0.1, 0.15) is 5.60 Å². The molecule has 0 unspecified atom stereocenters. The highest BCUT2D eigenvalue weighted by molar-refractivity contribution is 7.91. The van der Waals surface area contributed by atoms with E-state index in [0.717, 1.165) is 31.4 Å². The minimum absolute atomic E-state index is 0.0550. The molecule has 2 amide bonds. The van der Waals surface area contributed by atoms with Crippen molar-refractivity contribution in [3.8, 4) is 0 Å². The second kappa shape index (κ2) is 10.6. The molecule has 1 aliphatic rings. The number of anilines is 1. The number of likely N-dealkylation sites (tertiary alicyclic amines) is 1. The number of carbonyl (C=O) groups is 2. The first-order chi connectivity index (χ1) is 14.8. The van der Waals surface area contributed by atoms with Gasteiger partial charge >= 0.3 is 11.9 Å². The van der Waals surface area contributed by atoms with Crippen molar-refractivity contribution in [2.45, 2.75) is 75.3 Å². The molecule has 180 valence electrons. The van der Waals surface area contributed by atoms with Crippen molar-refractivity contribution in [2.75, 3.05) is 18.4 Å². The van der Waals surface area contributed by atoms with Gasteiger partial charge in [0.15, 0.2) is 0 Å². The second-order valence-electron chi connectivity index (χ2n) is 8.85. The molecule has 8 nitrogen and oxygen atoms in total. The van der Waals surface area contributed by atoms with E-state index in [-0.39, 0.29) is 24.5 Å². The summed E-state index contributed by atoms with van der Waals surface area (Å²) in [6, 6.07) is 4.32. The lowest BCUT2D eigenvalue weighted by atomic mass is 9.96. The Morgan fingerprint density at radius 3 is 2.38 bits per heavy atom. The van der Waals surface area contributed by atoms with E-state index in [4.69, 9.17) is 4.74 Å². The van der Waals surface area contributed by atoms with Crippen molar-refractivity contribution in [3.63, 3.8) is 0 Å². The topological polar surface area (TPSA) is 105 Å². The molecule has 0 aliphatic carbocycles. The normalized spacial score (nSPS) is 18.8. The molecule has 2 rings (SSSR count). The number of amides is 2. The van der Waals surface area contributed by atoms with Crippen LogP contribution >= 0.6 is 0 Å². The summed E-state index contributed by atoms with van der Waals surface area (Å²) in [5, 5.41) is 5.49. The Kier molecular flexibility index (Phi) is 8.58. The maximum atomic E-state index is 12.6. The number of hydrogen-bond donors (Lipinski definition) is 2. The average molecular weight is 476 g/mol. The molecule has 0 spiro atoms. The number of benzene rings is 1. The molecule has 1 fully saturated rings. The van der Waals surface area contributed by atoms with Gasteiger partial charge in [-0.3, -0.25) is 9.69 Å². The van der Waals surface area contributed by atoms with E-state index in [1.54, 1.807) is 20.8 Å². The van der Waals surface area contributed by atoms with E-state index >= 15 is 0 Å². The van der Waals surface area contributed by atoms with Gasteiger partial charge in [0.25, 0.3) is 0 Å². The molecule has 0 aromatic heterocycles. The fraction of sp³-hybridized carbons (Fsp3) is 0.619. The molecule has 1 aliphatic heterocycles. The summed E-state index contributed by atoms with van der Waals surface area (Å²) in [5.74, 6) is -3.83. The van der Waals surface area contributed by atoms with Crippen LogP contribution in [0.2, 0.25) is 0 Å². The molecule has 0 bridgehead atoms. The van der Waals surface area contributed by atoms with Crippen LogP contribution in [0, 0.1) is 0 Å². The van der Waals surface area contributed by atoms with E-state index < -0.39 is 32.2 Å². The summed E-state index contributed by atoms with van der Waals surface area (Å²) in [6.45, 7) is 7.97. The number of rotatable bonds is 7. The number of halogens is 2. The monoisotopic (exact) mass is 475 g/mol. The van der Waals surface area contributed by atoms with E-state index in [1.165, 1.54) is 12.1 Å². The van der Waals surface area contributed by atoms with Gasteiger partial charge in [-0.2, -0.15) is 8.78 Å². The van der Waals surface area contributed by atoms with Gasteiger partial charge in [-0.05, 0) is 71.3 Å². The smallest absolute Gasteiger partial charge is 0.407 e. The molecule has 2 N–H and O–H groups in total. The van der Waals surface area contributed by atoms with Gasteiger partial charge in [-0.25, -0.2) is 13.2 Å².